The van der Waals surface area contributed by atoms with Crippen molar-refractivity contribution in [3.8, 4) is 11.5 Å². The summed E-state index contributed by atoms with van der Waals surface area (Å²) in [5.74, 6) is 1.27. The van der Waals surface area contributed by atoms with Crippen LogP contribution in [-0.2, 0) is 4.79 Å². The SMILES string of the molecule is COc1ccc(C2CN(C(=O)c3cccc(OC)c3)CC2C(=O)N2CCCCC2)cc1. The smallest absolute Gasteiger partial charge is 0.254 e. The number of benzene rings is 2. The number of amides is 2. The van der Waals surface area contributed by atoms with Gasteiger partial charge in [0.15, 0.2) is 0 Å². The summed E-state index contributed by atoms with van der Waals surface area (Å²) in [7, 11) is 3.23. The maximum atomic E-state index is 13.5. The molecule has 2 aliphatic heterocycles. The van der Waals surface area contributed by atoms with Gasteiger partial charge in [0, 0.05) is 37.7 Å². The minimum absolute atomic E-state index is 0.0325. The predicted octanol–water partition coefficient (Wildman–Crippen LogP) is 3.57. The lowest BCUT2D eigenvalue weighted by Crippen LogP contribution is -2.42. The second-order valence-corrected chi connectivity index (χ2v) is 8.31. The van der Waals surface area contributed by atoms with Crippen LogP contribution in [0.15, 0.2) is 48.5 Å². The number of carbonyl (C=O) groups is 2. The first-order valence-electron chi connectivity index (χ1n) is 11.0. The second-order valence-electron chi connectivity index (χ2n) is 8.31. The second kappa shape index (κ2) is 9.41. The minimum Gasteiger partial charge on any atom is -0.497 e. The first-order chi connectivity index (χ1) is 15.1. The summed E-state index contributed by atoms with van der Waals surface area (Å²) in [6.45, 7) is 2.58. The topological polar surface area (TPSA) is 59.1 Å². The van der Waals surface area contributed by atoms with Crippen molar-refractivity contribution in [2.45, 2.75) is 25.2 Å². The predicted molar refractivity (Wildman–Crippen MR) is 119 cm³/mol. The highest BCUT2D eigenvalue weighted by Crippen LogP contribution is 2.36. The van der Waals surface area contributed by atoms with E-state index in [2.05, 4.69) is 0 Å². The lowest BCUT2D eigenvalue weighted by atomic mass is 9.87. The maximum absolute atomic E-state index is 13.5. The van der Waals surface area contributed by atoms with Crippen LogP contribution in [0.1, 0.15) is 41.1 Å². The van der Waals surface area contributed by atoms with Crippen molar-refractivity contribution in [2.24, 2.45) is 5.92 Å². The summed E-state index contributed by atoms with van der Waals surface area (Å²) in [6.07, 6.45) is 3.28. The van der Waals surface area contributed by atoms with Crippen LogP contribution >= 0.6 is 0 Å². The number of rotatable bonds is 5. The van der Waals surface area contributed by atoms with E-state index < -0.39 is 0 Å². The first-order valence-corrected chi connectivity index (χ1v) is 11.0. The zero-order chi connectivity index (χ0) is 21.8. The molecule has 2 saturated heterocycles. The molecule has 4 rings (SSSR count). The van der Waals surface area contributed by atoms with Crippen molar-refractivity contribution in [3.63, 3.8) is 0 Å². The monoisotopic (exact) mass is 422 g/mol. The van der Waals surface area contributed by atoms with E-state index in [0.717, 1.165) is 37.2 Å². The van der Waals surface area contributed by atoms with Gasteiger partial charge in [0.2, 0.25) is 5.91 Å². The Kier molecular flexibility index (Phi) is 6.44. The van der Waals surface area contributed by atoms with Gasteiger partial charge in [-0.15, -0.1) is 0 Å². The molecule has 2 fully saturated rings. The molecule has 0 N–H and O–H groups in total. The molecular formula is C25H30N2O4. The van der Waals surface area contributed by atoms with Gasteiger partial charge in [0.25, 0.3) is 5.91 Å². The third-order valence-electron chi connectivity index (χ3n) is 6.45. The van der Waals surface area contributed by atoms with Gasteiger partial charge < -0.3 is 19.3 Å². The van der Waals surface area contributed by atoms with Crippen molar-refractivity contribution in [2.75, 3.05) is 40.4 Å². The fourth-order valence-corrected chi connectivity index (χ4v) is 4.70. The Morgan fingerprint density at radius 2 is 1.55 bits per heavy atom. The summed E-state index contributed by atoms with van der Waals surface area (Å²) in [5.41, 5.74) is 1.65. The maximum Gasteiger partial charge on any atom is 0.254 e. The number of nitrogens with zero attached hydrogens (tertiary/aromatic N) is 2. The van der Waals surface area contributed by atoms with Crippen LogP contribution in [0.5, 0.6) is 11.5 Å². The number of carbonyl (C=O) groups excluding carboxylic acids is 2. The number of methoxy groups -OCH3 is 2. The lowest BCUT2D eigenvalue weighted by Gasteiger charge is -2.31. The summed E-state index contributed by atoms with van der Waals surface area (Å²) < 4.78 is 10.6. The van der Waals surface area contributed by atoms with E-state index >= 15 is 0 Å². The Morgan fingerprint density at radius 3 is 2.23 bits per heavy atom. The van der Waals surface area contributed by atoms with Crippen LogP contribution in [0.25, 0.3) is 0 Å². The highest BCUT2D eigenvalue weighted by molar-refractivity contribution is 5.95. The van der Waals surface area contributed by atoms with Gasteiger partial charge in [0.1, 0.15) is 11.5 Å². The van der Waals surface area contributed by atoms with Crippen molar-refractivity contribution in [1.29, 1.82) is 0 Å². The zero-order valence-electron chi connectivity index (χ0n) is 18.3. The largest absolute Gasteiger partial charge is 0.497 e. The van der Waals surface area contributed by atoms with Crippen molar-refractivity contribution in [3.05, 3.63) is 59.7 Å². The summed E-state index contributed by atoms with van der Waals surface area (Å²) in [5, 5.41) is 0. The Labute approximate surface area is 183 Å². The summed E-state index contributed by atoms with van der Waals surface area (Å²) >= 11 is 0. The van der Waals surface area contributed by atoms with E-state index in [1.165, 1.54) is 6.42 Å². The van der Waals surface area contributed by atoms with Gasteiger partial charge >= 0.3 is 0 Å². The fourth-order valence-electron chi connectivity index (χ4n) is 4.70. The van der Waals surface area contributed by atoms with Crippen LogP contribution in [-0.4, -0.2) is 62.0 Å². The van der Waals surface area contributed by atoms with Crippen molar-refractivity contribution < 1.29 is 19.1 Å². The molecule has 0 radical (unpaired) electrons. The molecule has 2 unspecified atom stereocenters. The van der Waals surface area contributed by atoms with Crippen LogP contribution in [0.3, 0.4) is 0 Å². The molecule has 164 valence electrons. The third-order valence-corrected chi connectivity index (χ3v) is 6.45. The molecule has 2 atom stereocenters. The Balaban J connectivity index is 1.60. The molecule has 0 aliphatic carbocycles. The number of piperidine rings is 1. The molecule has 0 saturated carbocycles. The molecule has 6 nitrogen and oxygen atoms in total. The number of likely N-dealkylation sites (tertiary alicyclic amines) is 2. The van der Waals surface area contributed by atoms with Gasteiger partial charge in [-0.05, 0) is 55.2 Å². The highest BCUT2D eigenvalue weighted by atomic mass is 16.5. The summed E-state index contributed by atoms with van der Waals surface area (Å²) in [4.78, 5) is 30.5. The van der Waals surface area contributed by atoms with Gasteiger partial charge in [-0.2, -0.15) is 0 Å². The van der Waals surface area contributed by atoms with E-state index in [1.54, 1.807) is 26.4 Å². The number of hydrogen-bond donors (Lipinski definition) is 0. The molecule has 0 bridgehead atoms. The van der Waals surface area contributed by atoms with Gasteiger partial charge in [0.05, 0.1) is 20.1 Å². The molecule has 2 aromatic carbocycles. The highest BCUT2D eigenvalue weighted by Gasteiger charge is 2.42. The molecular weight excluding hydrogens is 392 g/mol. The van der Waals surface area contributed by atoms with Crippen LogP contribution in [0.2, 0.25) is 0 Å². The molecule has 2 aliphatic rings. The Morgan fingerprint density at radius 1 is 0.839 bits per heavy atom. The zero-order valence-corrected chi connectivity index (χ0v) is 18.3. The fraction of sp³-hybridized carbons (Fsp3) is 0.440. The molecule has 0 spiro atoms. The lowest BCUT2D eigenvalue weighted by molar-refractivity contribution is -0.136. The average Bonchev–Trinajstić information content (AvgIpc) is 3.29. The first kappa shape index (κ1) is 21.2. The van der Waals surface area contributed by atoms with Gasteiger partial charge in [-0.3, -0.25) is 9.59 Å². The van der Waals surface area contributed by atoms with Crippen molar-refractivity contribution >= 4 is 11.8 Å². The minimum atomic E-state index is -0.235. The molecule has 2 amide bonds. The standard InChI is InChI=1S/C25H30N2O4/c1-30-20-11-9-18(10-12-20)22-16-27(24(28)19-7-6-8-21(15-19)31-2)17-23(22)25(29)26-13-4-3-5-14-26/h6-12,15,22-23H,3-5,13-14,16-17H2,1-2H3. The summed E-state index contributed by atoms with van der Waals surface area (Å²) in [6, 6.07) is 15.1. The normalized spacial score (nSPS) is 21.1. The van der Waals surface area contributed by atoms with E-state index in [-0.39, 0.29) is 23.7 Å². The van der Waals surface area contributed by atoms with Crippen LogP contribution in [0, 0.1) is 5.92 Å². The molecule has 6 heteroatoms. The van der Waals surface area contributed by atoms with Crippen LogP contribution < -0.4 is 9.47 Å². The van der Waals surface area contributed by atoms with E-state index in [1.807, 2.05) is 46.2 Å². The third kappa shape index (κ3) is 4.53. The average molecular weight is 423 g/mol. The van der Waals surface area contributed by atoms with Gasteiger partial charge in [-0.1, -0.05) is 18.2 Å². The van der Waals surface area contributed by atoms with Crippen LogP contribution in [0.4, 0.5) is 0 Å². The molecule has 2 heterocycles. The number of ether oxygens (including phenoxy) is 2. The number of hydrogen-bond acceptors (Lipinski definition) is 4. The molecule has 0 aromatic heterocycles. The van der Waals surface area contributed by atoms with E-state index in [0.29, 0.717) is 24.4 Å². The van der Waals surface area contributed by atoms with E-state index in [4.69, 9.17) is 9.47 Å². The van der Waals surface area contributed by atoms with Gasteiger partial charge in [-0.25, -0.2) is 0 Å². The van der Waals surface area contributed by atoms with Crippen molar-refractivity contribution in [1.82, 2.24) is 9.80 Å². The quantitative estimate of drug-likeness (QED) is 0.739. The Bertz CT molecular complexity index is 921. The van der Waals surface area contributed by atoms with E-state index in [9.17, 15) is 9.59 Å². The molecule has 31 heavy (non-hydrogen) atoms. The Hall–Kier alpha value is -3.02. The molecule has 2 aromatic rings.